The molecule has 2 unspecified atom stereocenters. The standard InChI is InChI=1S/C14H12BrF2NO4/c15-8-14(18(20)21)4-3-11(5-9(14)7-19)22-13-2-1-10(16)6-12(13)17/h1-6,9,19H,7-8H2. The minimum Gasteiger partial charge on any atom is -0.455 e. The highest BCUT2D eigenvalue weighted by Crippen LogP contribution is 2.33. The van der Waals surface area contributed by atoms with Gasteiger partial charge in [0, 0.05) is 11.0 Å². The lowest BCUT2D eigenvalue weighted by Crippen LogP contribution is -2.48. The topological polar surface area (TPSA) is 72.6 Å². The number of alkyl halides is 1. The predicted octanol–water partition coefficient (Wildman–Crippen LogP) is 2.82. The van der Waals surface area contributed by atoms with Gasteiger partial charge in [-0.25, -0.2) is 8.78 Å². The first-order valence-corrected chi connectivity index (χ1v) is 7.40. The first-order valence-electron chi connectivity index (χ1n) is 6.28. The van der Waals surface area contributed by atoms with E-state index in [4.69, 9.17) is 4.74 Å². The van der Waals surface area contributed by atoms with E-state index >= 15 is 0 Å². The van der Waals surface area contributed by atoms with Gasteiger partial charge in [-0.2, -0.15) is 0 Å². The molecular formula is C14H12BrF2NO4. The first-order chi connectivity index (χ1) is 10.4. The third-order valence-electron chi connectivity index (χ3n) is 3.42. The van der Waals surface area contributed by atoms with Crippen LogP contribution in [0.25, 0.3) is 0 Å². The molecule has 8 heteroatoms. The van der Waals surface area contributed by atoms with Crippen molar-refractivity contribution in [3.05, 3.63) is 63.9 Å². The summed E-state index contributed by atoms with van der Waals surface area (Å²) in [5.41, 5.74) is -1.50. The van der Waals surface area contributed by atoms with Crippen molar-refractivity contribution in [1.82, 2.24) is 0 Å². The number of hydrogen-bond acceptors (Lipinski definition) is 4. The molecule has 2 rings (SSSR count). The predicted molar refractivity (Wildman–Crippen MR) is 78.3 cm³/mol. The molecular weight excluding hydrogens is 364 g/mol. The van der Waals surface area contributed by atoms with E-state index in [1.165, 1.54) is 18.2 Å². The molecule has 0 saturated heterocycles. The molecule has 0 spiro atoms. The van der Waals surface area contributed by atoms with E-state index in [-0.39, 0.29) is 16.8 Å². The maximum Gasteiger partial charge on any atom is 0.258 e. The summed E-state index contributed by atoms with van der Waals surface area (Å²) in [6, 6.07) is 2.83. The second-order valence-electron chi connectivity index (χ2n) is 4.75. The Kier molecular flexibility index (Phi) is 4.92. The van der Waals surface area contributed by atoms with Crippen LogP contribution in [0, 0.1) is 27.7 Å². The summed E-state index contributed by atoms with van der Waals surface area (Å²) in [5, 5.41) is 20.7. The van der Waals surface area contributed by atoms with E-state index in [2.05, 4.69) is 15.9 Å². The van der Waals surface area contributed by atoms with Crippen LogP contribution in [0.5, 0.6) is 5.75 Å². The summed E-state index contributed by atoms with van der Waals surface area (Å²) in [7, 11) is 0. The number of nitro groups is 1. The highest BCUT2D eigenvalue weighted by atomic mass is 79.9. The van der Waals surface area contributed by atoms with Gasteiger partial charge >= 0.3 is 0 Å². The number of hydrogen-bond donors (Lipinski definition) is 1. The summed E-state index contributed by atoms with van der Waals surface area (Å²) in [5.74, 6) is -2.53. The normalized spacial score (nSPS) is 24.0. The number of rotatable bonds is 5. The maximum absolute atomic E-state index is 13.5. The lowest BCUT2D eigenvalue weighted by Gasteiger charge is -2.29. The molecule has 118 valence electrons. The Balaban J connectivity index is 2.28. The zero-order valence-electron chi connectivity index (χ0n) is 11.2. The van der Waals surface area contributed by atoms with Crippen LogP contribution in [0.15, 0.2) is 42.2 Å². The van der Waals surface area contributed by atoms with E-state index in [9.17, 15) is 24.0 Å². The van der Waals surface area contributed by atoms with E-state index in [1.54, 1.807) is 0 Å². The molecule has 1 aromatic rings. The molecule has 0 aromatic heterocycles. The quantitative estimate of drug-likeness (QED) is 0.487. The van der Waals surface area contributed by atoms with Crippen LogP contribution in [0.2, 0.25) is 0 Å². The molecule has 0 amide bonds. The Morgan fingerprint density at radius 2 is 2.18 bits per heavy atom. The number of ether oxygens (including phenoxy) is 1. The van der Waals surface area contributed by atoms with Gasteiger partial charge in [0.25, 0.3) is 5.54 Å². The van der Waals surface area contributed by atoms with Gasteiger partial charge in [0.1, 0.15) is 11.6 Å². The monoisotopic (exact) mass is 375 g/mol. The number of halogens is 3. The van der Waals surface area contributed by atoms with Crippen molar-refractivity contribution in [2.24, 2.45) is 5.92 Å². The number of benzene rings is 1. The fourth-order valence-electron chi connectivity index (χ4n) is 2.10. The maximum atomic E-state index is 13.5. The van der Waals surface area contributed by atoms with Crippen LogP contribution in [-0.4, -0.2) is 27.5 Å². The van der Waals surface area contributed by atoms with Crippen molar-refractivity contribution in [3.8, 4) is 5.75 Å². The summed E-state index contributed by atoms with van der Waals surface area (Å²) >= 11 is 3.08. The smallest absolute Gasteiger partial charge is 0.258 e. The Bertz CT molecular complexity index is 650. The van der Waals surface area contributed by atoms with Crippen molar-refractivity contribution < 1.29 is 23.5 Å². The fourth-order valence-corrected chi connectivity index (χ4v) is 2.91. The Morgan fingerprint density at radius 3 is 2.73 bits per heavy atom. The fraction of sp³-hybridized carbons (Fsp3) is 0.286. The van der Waals surface area contributed by atoms with Crippen LogP contribution in [0.3, 0.4) is 0 Å². The number of nitrogens with zero attached hydrogens (tertiary/aromatic N) is 1. The number of aliphatic hydroxyl groups excluding tert-OH is 1. The summed E-state index contributed by atoms with van der Waals surface area (Å²) in [6.45, 7) is -0.477. The van der Waals surface area contributed by atoms with Gasteiger partial charge in [-0.15, -0.1) is 0 Å². The van der Waals surface area contributed by atoms with Gasteiger partial charge in [0.2, 0.25) is 0 Å². The van der Waals surface area contributed by atoms with E-state index in [1.807, 2.05) is 0 Å². The minimum absolute atomic E-state index is 0.00339. The van der Waals surface area contributed by atoms with Crippen molar-refractivity contribution in [1.29, 1.82) is 0 Å². The van der Waals surface area contributed by atoms with Gasteiger partial charge in [-0.05, 0) is 30.4 Å². The summed E-state index contributed by atoms with van der Waals surface area (Å²) in [4.78, 5) is 10.8. The Hall–Kier alpha value is -1.80. The summed E-state index contributed by atoms with van der Waals surface area (Å²) < 4.78 is 31.7. The third-order valence-corrected chi connectivity index (χ3v) is 4.31. The van der Waals surface area contributed by atoms with Gasteiger partial charge < -0.3 is 9.84 Å². The minimum atomic E-state index is -1.50. The molecule has 5 nitrogen and oxygen atoms in total. The van der Waals surface area contributed by atoms with Gasteiger partial charge in [0.05, 0.1) is 17.9 Å². The van der Waals surface area contributed by atoms with Crippen LogP contribution in [0.1, 0.15) is 0 Å². The molecule has 1 aromatic carbocycles. The summed E-state index contributed by atoms with van der Waals surface area (Å²) in [6.07, 6.45) is 3.98. The third kappa shape index (κ3) is 3.02. The van der Waals surface area contributed by atoms with E-state index in [0.29, 0.717) is 6.07 Å². The van der Waals surface area contributed by atoms with Crippen LogP contribution in [-0.2, 0) is 0 Å². The lowest BCUT2D eigenvalue weighted by atomic mass is 9.82. The molecule has 2 atom stereocenters. The van der Waals surface area contributed by atoms with Gasteiger partial charge in [0.15, 0.2) is 11.6 Å². The molecule has 0 bridgehead atoms. The van der Waals surface area contributed by atoms with Crippen molar-refractivity contribution in [2.45, 2.75) is 5.54 Å². The highest BCUT2D eigenvalue weighted by Gasteiger charge is 2.48. The molecule has 1 aliphatic rings. The van der Waals surface area contributed by atoms with Crippen LogP contribution >= 0.6 is 15.9 Å². The second kappa shape index (κ2) is 6.53. The Morgan fingerprint density at radius 1 is 1.45 bits per heavy atom. The molecule has 1 N–H and O–H groups in total. The van der Waals surface area contributed by atoms with E-state index in [0.717, 1.165) is 12.1 Å². The molecule has 0 saturated carbocycles. The number of aliphatic hydroxyl groups is 1. The zero-order chi connectivity index (χ0) is 16.3. The van der Waals surface area contributed by atoms with Gasteiger partial charge in [-0.1, -0.05) is 15.9 Å². The highest BCUT2D eigenvalue weighted by molar-refractivity contribution is 9.09. The van der Waals surface area contributed by atoms with Crippen LogP contribution in [0.4, 0.5) is 8.78 Å². The van der Waals surface area contributed by atoms with Crippen molar-refractivity contribution >= 4 is 15.9 Å². The second-order valence-corrected chi connectivity index (χ2v) is 5.31. The van der Waals surface area contributed by atoms with E-state index < -0.39 is 34.6 Å². The van der Waals surface area contributed by atoms with Crippen molar-refractivity contribution in [3.63, 3.8) is 0 Å². The molecule has 0 heterocycles. The average molecular weight is 376 g/mol. The van der Waals surface area contributed by atoms with Crippen LogP contribution < -0.4 is 4.74 Å². The molecule has 0 fully saturated rings. The van der Waals surface area contributed by atoms with Crippen molar-refractivity contribution in [2.75, 3.05) is 11.9 Å². The Labute approximate surface area is 133 Å². The molecule has 22 heavy (non-hydrogen) atoms. The van der Waals surface area contributed by atoms with Gasteiger partial charge in [-0.3, -0.25) is 10.1 Å². The molecule has 0 radical (unpaired) electrons. The first kappa shape index (κ1) is 16.6. The number of allylic oxidation sites excluding steroid dienone is 1. The largest absolute Gasteiger partial charge is 0.455 e. The lowest BCUT2D eigenvalue weighted by molar-refractivity contribution is -0.557. The molecule has 1 aliphatic carbocycles. The molecule has 0 aliphatic heterocycles. The zero-order valence-corrected chi connectivity index (χ0v) is 12.8. The SMILES string of the molecule is O=[N+]([O-])C1(CBr)C=CC(Oc2ccc(F)cc2F)=CC1CO. The average Bonchev–Trinajstić information content (AvgIpc) is 2.49.